The van der Waals surface area contributed by atoms with Crippen LogP contribution in [0.4, 0.5) is 0 Å². The summed E-state index contributed by atoms with van der Waals surface area (Å²) in [5, 5.41) is 12.3. The van der Waals surface area contributed by atoms with Gasteiger partial charge in [0.15, 0.2) is 0 Å². The van der Waals surface area contributed by atoms with Gasteiger partial charge < -0.3 is 15.4 Å². The van der Waals surface area contributed by atoms with Crippen molar-refractivity contribution in [2.24, 2.45) is 5.92 Å². The summed E-state index contributed by atoms with van der Waals surface area (Å²) >= 11 is 0. The van der Waals surface area contributed by atoms with Crippen LogP contribution in [0.15, 0.2) is 48.5 Å². The number of nitrogens with one attached hydrogen (secondary N) is 2. The average molecular weight is 393 g/mol. The van der Waals surface area contributed by atoms with Crippen molar-refractivity contribution < 1.29 is 9.90 Å². The molecule has 1 aliphatic heterocycles. The molecule has 29 heavy (non-hydrogen) atoms. The largest absolute Gasteiger partial charge is 0.396 e. The molecule has 6 heteroatoms. The van der Waals surface area contributed by atoms with E-state index in [2.05, 4.69) is 20.2 Å². The average Bonchev–Trinajstić information content (AvgIpc) is 3.19. The molecule has 0 radical (unpaired) electrons. The molecule has 3 aromatic rings. The normalized spacial score (nSPS) is 16.8. The van der Waals surface area contributed by atoms with Crippen LogP contribution in [0, 0.1) is 5.92 Å². The van der Waals surface area contributed by atoms with Gasteiger partial charge >= 0.3 is 0 Å². The van der Waals surface area contributed by atoms with Crippen molar-refractivity contribution in [3.05, 3.63) is 65.5 Å². The molecule has 3 N–H and O–H groups in total. The Balaban J connectivity index is 1.34. The molecule has 0 spiro atoms. The third-order valence-electron chi connectivity index (χ3n) is 5.75. The highest BCUT2D eigenvalue weighted by atomic mass is 16.3. The Morgan fingerprint density at radius 3 is 2.62 bits per heavy atom. The van der Waals surface area contributed by atoms with E-state index in [1.807, 2.05) is 55.5 Å². The predicted octanol–water partition coefficient (Wildman–Crippen LogP) is 3.26. The lowest BCUT2D eigenvalue weighted by Crippen LogP contribution is -2.34. The zero-order chi connectivity index (χ0) is 20.2. The summed E-state index contributed by atoms with van der Waals surface area (Å²) in [6, 6.07) is 15.5. The van der Waals surface area contributed by atoms with E-state index in [1.165, 1.54) is 5.56 Å². The number of nitrogens with zero attached hydrogens (tertiary/aromatic N) is 2. The van der Waals surface area contributed by atoms with Gasteiger partial charge in [-0.25, -0.2) is 4.98 Å². The summed E-state index contributed by atoms with van der Waals surface area (Å²) in [4.78, 5) is 22.9. The fourth-order valence-electron chi connectivity index (χ4n) is 3.87. The molecule has 1 unspecified atom stereocenters. The van der Waals surface area contributed by atoms with Crippen molar-refractivity contribution >= 4 is 16.9 Å². The summed E-state index contributed by atoms with van der Waals surface area (Å²) in [6.45, 7) is 5.14. The van der Waals surface area contributed by atoms with Crippen molar-refractivity contribution in [1.82, 2.24) is 20.2 Å². The highest BCUT2D eigenvalue weighted by molar-refractivity contribution is 5.94. The van der Waals surface area contributed by atoms with Gasteiger partial charge in [0.2, 0.25) is 0 Å². The Morgan fingerprint density at radius 1 is 1.21 bits per heavy atom. The van der Waals surface area contributed by atoms with Crippen LogP contribution in [-0.2, 0) is 6.54 Å². The van der Waals surface area contributed by atoms with Crippen LogP contribution in [0.5, 0.6) is 0 Å². The first-order valence-corrected chi connectivity index (χ1v) is 10.3. The fraction of sp³-hybridized carbons (Fsp3) is 0.391. The lowest BCUT2D eigenvalue weighted by atomic mass is 9.97. The number of aliphatic hydroxyl groups excluding tert-OH is 1. The number of amides is 1. The van der Waals surface area contributed by atoms with E-state index in [9.17, 15) is 9.90 Å². The minimum absolute atomic E-state index is 0.103. The first-order valence-electron chi connectivity index (χ1n) is 10.3. The molecule has 0 bridgehead atoms. The molecular formula is C23H28N4O2. The zero-order valence-corrected chi connectivity index (χ0v) is 16.8. The number of benzene rings is 2. The number of aromatic amines is 1. The molecule has 1 amide bonds. The standard InChI is InChI=1S/C23H28N4O2/c1-16(22-25-20-4-2-3-5-21(20)26-22)24-23(29)19-8-6-17(7-9-19)14-27-12-10-18(15-28)11-13-27/h2-9,16,18,28H,10-15H2,1H3,(H,24,29)(H,25,26). The maximum Gasteiger partial charge on any atom is 0.251 e. The Labute approximate surface area is 171 Å². The first-order chi connectivity index (χ1) is 14.1. The van der Waals surface area contributed by atoms with Gasteiger partial charge in [-0.15, -0.1) is 0 Å². The molecule has 1 atom stereocenters. The number of imidazole rings is 1. The molecule has 1 aliphatic rings. The Hall–Kier alpha value is -2.70. The van der Waals surface area contributed by atoms with E-state index < -0.39 is 0 Å². The van der Waals surface area contributed by atoms with Crippen LogP contribution in [0.3, 0.4) is 0 Å². The van der Waals surface area contributed by atoms with Crippen LogP contribution in [0.1, 0.15) is 47.6 Å². The number of carbonyl (C=O) groups is 1. The summed E-state index contributed by atoms with van der Waals surface area (Å²) in [5.74, 6) is 1.10. The lowest BCUT2D eigenvalue weighted by molar-refractivity contribution is 0.0938. The van der Waals surface area contributed by atoms with Crippen molar-refractivity contribution in [2.45, 2.75) is 32.4 Å². The number of para-hydroxylation sites is 2. The van der Waals surface area contributed by atoms with E-state index in [1.54, 1.807) is 0 Å². The number of likely N-dealkylation sites (tertiary alicyclic amines) is 1. The second-order valence-corrected chi connectivity index (χ2v) is 7.93. The molecule has 1 saturated heterocycles. The van der Waals surface area contributed by atoms with Crippen molar-refractivity contribution in [1.29, 1.82) is 0 Å². The first kappa shape index (κ1) is 19.6. The van der Waals surface area contributed by atoms with Crippen LogP contribution in [0.2, 0.25) is 0 Å². The third-order valence-corrected chi connectivity index (χ3v) is 5.75. The predicted molar refractivity (Wildman–Crippen MR) is 114 cm³/mol. The Morgan fingerprint density at radius 2 is 1.93 bits per heavy atom. The monoisotopic (exact) mass is 392 g/mol. The number of hydrogen-bond donors (Lipinski definition) is 3. The molecule has 0 aliphatic carbocycles. The summed E-state index contributed by atoms with van der Waals surface area (Å²) in [5.41, 5.74) is 3.72. The molecule has 6 nitrogen and oxygen atoms in total. The number of aliphatic hydroxyl groups is 1. The van der Waals surface area contributed by atoms with E-state index in [0.717, 1.165) is 49.3 Å². The van der Waals surface area contributed by atoms with E-state index in [0.29, 0.717) is 18.1 Å². The minimum Gasteiger partial charge on any atom is -0.396 e. The van der Waals surface area contributed by atoms with Crippen molar-refractivity contribution in [2.75, 3.05) is 19.7 Å². The van der Waals surface area contributed by atoms with Gasteiger partial charge in [-0.05, 0) is 68.6 Å². The highest BCUT2D eigenvalue weighted by Gasteiger charge is 2.19. The number of piperidine rings is 1. The lowest BCUT2D eigenvalue weighted by Gasteiger charge is -2.31. The number of hydrogen-bond acceptors (Lipinski definition) is 4. The zero-order valence-electron chi connectivity index (χ0n) is 16.8. The highest BCUT2D eigenvalue weighted by Crippen LogP contribution is 2.19. The molecule has 0 saturated carbocycles. The summed E-state index contributed by atoms with van der Waals surface area (Å²) in [6.07, 6.45) is 2.10. The quantitative estimate of drug-likeness (QED) is 0.601. The third kappa shape index (κ3) is 4.66. The van der Waals surface area contributed by atoms with Gasteiger partial charge in [0.1, 0.15) is 5.82 Å². The Kier molecular flexibility index (Phi) is 5.92. The number of rotatable bonds is 6. The number of carbonyl (C=O) groups excluding carboxylic acids is 1. The topological polar surface area (TPSA) is 81.2 Å². The molecular weight excluding hydrogens is 364 g/mol. The minimum atomic E-state index is -0.206. The van der Waals surface area contributed by atoms with Gasteiger partial charge in [0, 0.05) is 18.7 Å². The van der Waals surface area contributed by atoms with Crippen LogP contribution in [-0.4, -0.2) is 45.6 Å². The maximum atomic E-state index is 12.6. The molecule has 2 heterocycles. The smallest absolute Gasteiger partial charge is 0.251 e. The number of fused-ring (bicyclic) bond motifs is 1. The Bertz CT molecular complexity index is 925. The maximum absolute atomic E-state index is 12.6. The van der Waals surface area contributed by atoms with E-state index in [-0.39, 0.29) is 11.9 Å². The SMILES string of the molecule is CC(NC(=O)c1ccc(CN2CCC(CO)CC2)cc1)c1nc2ccccc2[nH]1. The van der Waals surface area contributed by atoms with Crippen molar-refractivity contribution in [3.63, 3.8) is 0 Å². The summed E-state index contributed by atoms with van der Waals surface area (Å²) < 4.78 is 0. The molecule has 1 aromatic heterocycles. The van der Waals surface area contributed by atoms with Gasteiger partial charge in [-0.2, -0.15) is 0 Å². The van der Waals surface area contributed by atoms with Crippen LogP contribution in [0.25, 0.3) is 11.0 Å². The van der Waals surface area contributed by atoms with Crippen molar-refractivity contribution in [3.8, 4) is 0 Å². The van der Waals surface area contributed by atoms with Gasteiger partial charge in [-0.1, -0.05) is 24.3 Å². The second-order valence-electron chi connectivity index (χ2n) is 7.93. The molecule has 152 valence electrons. The van der Waals surface area contributed by atoms with Gasteiger partial charge in [0.05, 0.1) is 17.1 Å². The second kappa shape index (κ2) is 8.76. The molecule has 2 aromatic carbocycles. The molecule has 1 fully saturated rings. The van der Waals surface area contributed by atoms with Gasteiger partial charge in [0.25, 0.3) is 5.91 Å². The fourth-order valence-corrected chi connectivity index (χ4v) is 3.87. The number of H-pyrrole nitrogens is 1. The van der Waals surface area contributed by atoms with E-state index in [4.69, 9.17) is 0 Å². The number of aromatic nitrogens is 2. The molecule has 4 rings (SSSR count). The van der Waals surface area contributed by atoms with Crippen LogP contribution < -0.4 is 5.32 Å². The summed E-state index contributed by atoms with van der Waals surface area (Å²) in [7, 11) is 0. The van der Waals surface area contributed by atoms with Gasteiger partial charge in [-0.3, -0.25) is 9.69 Å². The van der Waals surface area contributed by atoms with Crippen LogP contribution >= 0.6 is 0 Å². The van der Waals surface area contributed by atoms with E-state index >= 15 is 0 Å².